The van der Waals surface area contributed by atoms with Gasteiger partial charge in [0.15, 0.2) is 6.29 Å². The Morgan fingerprint density at radius 2 is 1.70 bits per heavy atom. The van der Waals surface area contributed by atoms with Crippen molar-refractivity contribution in [3.05, 3.63) is 66.0 Å². The second-order valence-corrected chi connectivity index (χ2v) is 5.57. The van der Waals surface area contributed by atoms with Crippen molar-refractivity contribution in [2.24, 2.45) is 0 Å². The van der Waals surface area contributed by atoms with Crippen molar-refractivity contribution in [2.75, 3.05) is 0 Å². The fourth-order valence-corrected chi connectivity index (χ4v) is 2.59. The van der Waals surface area contributed by atoms with Gasteiger partial charge in [0, 0.05) is 5.92 Å². The standard InChI is InChI=1S/C18H15N3O2/c22-12-17-18(13-6-7-13)21(20-19-17)14-8-10-16(11-9-14)23-15-4-2-1-3-5-15/h1-5,8-13H,6-7H2. The van der Waals surface area contributed by atoms with E-state index in [1.807, 2.05) is 54.6 Å². The normalized spacial score (nSPS) is 13.7. The third kappa shape index (κ3) is 2.73. The molecule has 0 atom stereocenters. The molecule has 1 aromatic heterocycles. The van der Waals surface area contributed by atoms with E-state index in [-0.39, 0.29) is 0 Å². The number of hydrogen-bond acceptors (Lipinski definition) is 4. The second kappa shape index (κ2) is 5.68. The van der Waals surface area contributed by atoms with Crippen LogP contribution >= 0.6 is 0 Å². The maximum Gasteiger partial charge on any atom is 0.172 e. The molecule has 1 aliphatic rings. The molecule has 3 aromatic rings. The first kappa shape index (κ1) is 13.7. The van der Waals surface area contributed by atoms with Gasteiger partial charge in [0.1, 0.15) is 17.2 Å². The smallest absolute Gasteiger partial charge is 0.172 e. The first-order chi connectivity index (χ1) is 11.3. The van der Waals surface area contributed by atoms with E-state index in [2.05, 4.69) is 10.3 Å². The summed E-state index contributed by atoms with van der Waals surface area (Å²) in [6.45, 7) is 0. The van der Waals surface area contributed by atoms with E-state index in [9.17, 15) is 4.79 Å². The highest BCUT2D eigenvalue weighted by Crippen LogP contribution is 2.41. The van der Waals surface area contributed by atoms with Crippen molar-refractivity contribution in [1.82, 2.24) is 15.0 Å². The van der Waals surface area contributed by atoms with E-state index < -0.39 is 0 Å². The van der Waals surface area contributed by atoms with Gasteiger partial charge in [0.2, 0.25) is 0 Å². The molecule has 0 spiro atoms. The molecule has 0 bridgehead atoms. The molecule has 114 valence electrons. The number of aldehydes is 1. The Hall–Kier alpha value is -2.95. The summed E-state index contributed by atoms with van der Waals surface area (Å²) >= 11 is 0. The summed E-state index contributed by atoms with van der Waals surface area (Å²) in [4.78, 5) is 11.1. The van der Waals surface area contributed by atoms with Crippen LogP contribution in [0.1, 0.15) is 34.9 Å². The Bertz CT molecular complexity index is 821. The van der Waals surface area contributed by atoms with Crippen LogP contribution in [0.25, 0.3) is 5.69 Å². The molecule has 0 saturated heterocycles. The molecule has 1 heterocycles. The van der Waals surface area contributed by atoms with Crippen LogP contribution in [-0.4, -0.2) is 21.3 Å². The fraction of sp³-hybridized carbons (Fsp3) is 0.167. The molecule has 1 fully saturated rings. The number of carbonyl (C=O) groups is 1. The summed E-state index contributed by atoms with van der Waals surface area (Å²) in [6.07, 6.45) is 2.96. The minimum Gasteiger partial charge on any atom is -0.457 e. The Labute approximate surface area is 133 Å². The van der Waals surface area contributed by atoms with Crippen LogP contribution in [-0.2, 0) is 0 Å². The maximum absolute atomic E-state index is 11.1. The van der Waals surface area contributed by atoms with Gasteiger partial charge in [-0.25, -0.2) is 4.68 Å². The average Bonchev–Trinajstić information content (AvgIpc) is 3.35. The lowest BCUT2D eigenvalue weighted by atomic mass is 10.2. The van der Waals surface area contributed by atoms with Crippen LogP contribution in [0, 0.1) is 0 Å². The van der Waals surface area contributed by atoms with E-state index in [1.165, 1.54) is 0 Å². The quantitative estimate of drug-likeness (QED) is 0.674. The monoisotopic (exact) mass is 305 g/mol. The van der Waals surface area contributed by atoms with Gasteiger partial charge in [0.25, 0.3) is 0 Å². The van der Waals surface area contributed by atoms with Crippen LogP contribution in [0.5, 0.6) is 11.5 Å². The van der Waals surface area contributed by atoms with Crippen LogP contribution in [0.4, 0.5) is 0 Å². The van der Waals surface area contributed by atoms with E-state index in [4.69, 9.17) is 4.74 Å². The minimum absolute atomic E-state index is 0.394. The number of nitrogens with zero attached hydrogens (tertiary/aromatic N) is 3. The number of benzene rings is 2. The molecule has 0 unspecified atom stereocenters. The summed E-state index contributed by atoms with van der Waals surface area (Å²) in [7, 11) is 0. The van der Waals surface area contributed by atoms with Gasteiger partial charge in [0.05, 0.1) is 11.4 Å². The van der Waals surface area contributed by atoms with E-state index >= 15 is 0 Å². The van der Waals surface area contributed by atoms with Gasteiger partial charge in [-0.3, -0.25) is 4.79 Å². The Kier molecular flexibility index (Phi) is 3.38. The maximum atomic E-state index is 11.1. The molecule has 0 N–H and O–H groups in total. The molecule has 0 radical (unpaired) electrons. The average molecular weight is 305 g/mol. The van der Waals surface area contributed by atoms with E-state index in [1.54, 1.807) is 4.68 Å². The largest absolute Gasteiger partial charge is 0.457 e. The molecule has 0 aliphatic heterocycles. The zero-order chi connectivity index (χ0) is 15.6. The van der Waals surface area contributed by atoms with Gasteiger partial charge < -0.3 is 4.74 Å². The third-order valence-corrected chi connectivity index (χ3v) is 3.87. The summed E-state index contributed by atoms with van der Waals surface area (Å²) in [6, 6.07) is 17.3. The van der Waals surface area contributed by atoms with Gasteiger partial charge in [-0.1, -0.05) is 23.4 Å². The predicted molar refractivity (Wildman–Crippen MR) is 85.2 cm³/mol. The van der Waals surface area contributed by atoms with Crippen LogP contribution in [0.2, 0.25) is 0 Å². The molecule has 2 aromatic carbocycles. The molecular weight excluding hydrogens is 290 g/mol. The molecule has 23 heavy (non-hydrogen) atoms. The summed E-state index contributed by atoms with van der Waals surface area (Å²) in [5.41, 5.74) is 2.24. The van der Waals surface area contributed by atoms with Crippen molar-refractivity contribution >= 4 is 6.29 Å². The Morgan fingerprint density at radius 3 is 2.35 bits per heavy atom. The first-order valence-electron chi connectivity index (χ1n) is 7.59. The number of rotatable bonds is 5. The highest BCUT2D eigenvalue weighted by molar-refractivity contribution is 5.74. The summed E-state index contributed by atoms with van der Waals surface area (Å²) in [5, 5.41) is 8.10. The lowest BCUT2D eigenvalue weighted by Gasteiger charge is -2.08. The minimum atomic E-state index is 0.394. The van der Waals surface area contributed by atoms with Gasteiger partial charge in [-0.2, -0.15) is 0 Å². The van der Waals surface area contributed by atoms with Crippen molar-refractivity contribution < 1.29 is 9.53 Å². The second-order valence-electron chi connectivity index (χ2n) is 5.57. The zero-order valence-corrected chi connectivity index (χ0v) is 12.4. The Morgan fingerprint density at radius 1 is 1.00 bits per heavy atom. The number of aromatic nitrogens is 3. The molecule has 1 aliphatic carbocycles. The van der Waals surface area contributed by atoms with Crippen molar-refractivity contribution in [3.8, 4) is 17.2 Å². The lowest BCUT2D eigenvalue weighted by molar-refractivity contribution is 0.111. The van der Waals surface area contributed by atoms with Gasteiger partial charge in [-0.05, 0) is 49.2 Å². The van der Waals surface area contributed by atoms with E-state index in [0.29, 0.717) is 11.6 Å². The number of carbonyl (C=O) groups excluding carboxylic acids is 1. The predicted octanol–water partition coefficient (Wildman–Crippen LogP) is 3.75. The Balaban J connectivity index is 1.61. The van der Waals surface area contributed by atoms with Crippen molar-refractivity contribution in [3.63, 3.8) is 0 Å². The molecular formula is C18H15N3O2. The number of hydrogen-bond donors (Lipinski definition) is 0. The third-order valence-electron chi connectivity index (χ3n) is 3.87. The van der Waals surface area contributed by atoms with Crippen LogP contribution in [0.15, 0.2) is 54.6 Å². The molecule has 1 saturated carbocycles. The number of ether oxygens (including phenoxy) is 1. The van der Waals surface area contributed by atoms with Crippen LogP contribution in [0.3, 0.4) is 0 Å². The molecule has 4 rings (SSSR count). The topological polar surface area (TPSA) is 57.0 Å². The summed E-state index contributed by atoms with van der Waals surface area (Å²) < 4.78 is 7.54. The van der Waals surface area contributed by atoms with Crippen LogP contribution < -0.4 is 4.74 Å². The van der Waals surface area contributed by atoms with Crippen molar-refractivity contribution in [2.45, 2.75) is 18.8 Å². The fourth-order valence-electron chi connectivity index (χ4n) is 2.59. The van der Waals surface area contributed by atoms with Gasteiger partial charge in [-0.15, -0.1) is 5.10 Å². The van der Waals surface area contributed by atoms with Gasteiger partial charge >= 0.3 is 0 Å². The van der Waals surface area contributed by atoms with E-state index in [0.717, 1.165) is 42.0 Å². The molecule has 5 nitrogen and oxygen atoms in total. The molecule has 0 amide bonds. The lowest BCUT2D eigenvalue weighted by Crippen LogP contribution is -2.02. The van der Waals surface area contributed by atoms with Crippen molar-refractivity contribution in [1.29, 1.82) is 0 Å². The number of para-hydroxylation sites is 1. The highest BCUT2D eigenvalue weighted by atomic mass is 16.5. The first-order valence-corrected chi connectivity index (χ1v) is 7.59. The zero-order valence-electron chi connectivity index (χ0n) is 12.4. The summed E-state index contributed by atoms with van der Waals surface area (Å²) in [5.74, 6) is 1.94. The SMILES string of the molecule is O=Cc1nnn(-c2ccc(Oc3ccccc3)cc2)c1C1CC1. The molecule has 5 heteroatoms. The highest BCUT2D eigenvalue weighted by Gasteiger charge is 2.31.